The molecule has 0 aromatic heterocycles. The van der Waals surface area contributed by atoms with Crippen LogP contribution in [0.5, 0.6) is 0 Å². The molecule has 0 saturated carbocycles. The first-order chi connectivity index (χ1) is 4.55. The Morgan fingerprint density at radius 2 is 2.10 bits per heavy atom. The fourth-order valence-corrected chi connectivity index (χ4v) is 2.61. The second kappa shape index (κ2) is 2.20. The van der Waals surface area contributed by atoms with E-state index >= 15 is 0 Å². The molecule has 0 N–H and O–H groups in total. The molecule has 0 radical (unpaired) electrons. The number of rotatable bonds is 0. The summed E-state index contributed by atoms with van der Waals surface area (Å²) in [5, 5.41) is 8.21. The predicted octanol–water partition coefficient (Wildman–Crippen LogP) is -0.107. The van der Waals surface area contributed by atoms with Gasteiger partial charge in [-0.3, -0.25) is 0 Å². The van der Waals surface area contributed by atoms with Crippen LogP contribution in [0.25, 0.3) is 0 Å². The maximum Gasteiger partial charge on any atom is 0.154 e. The van der Waals surface area contributed by atoms with Crippen LogP contribution in [0, 0.1) is 17.2 Å². The molecule has 2 unspecified atom stereocenters. The van der Waals surface area contributed by atoms with Crippen molar-refractivity contribution in [2.45, 2.75) is 6.17 Å². The van der Waals surface area contributed by atoms with Crippen molar-refractivity contribution in [1.29, 1.82) is 5.26 Å². The number of sulfone groups is 1. The molecule has 1 fully saturated rings. The molecule has 10 heavy (non-hydrogen) atoms. The monoisotopic (exact) mass is 163 g/mol. The van der Waals surface area contributed by atoms with E-state index in [0.717, 1.165) is 0 Å². The first kappa shape index (κ1) is 7.48. The lowest BCUT2D eigenvalue weighted by Gasteiger charge is -1.95. The standard InChI is InChI=1S/C5H6FNO2S/c6-5-3-10(8,9)2-4(5)1-7/h4-5H,2-3H2. The highest BCUT2D eigenvalue weighted by atomic mass is 32.2. The van der Waals surface area contributed by atoms with Gasteiger partial charge in [-0.15, -0.1) is 0 Å². The van der Waals surface area contributed by atoms with Gasteiger partial charge in [0, 0.05) is 0 Å². The fraction of sp³-hybridized carbons (Fsp3) is 0.800. The topological polar surface area (TPSA) is 57.9 Å². The van der Waals surface area contributed by atoms with Gasteiger partial charge in [-0.05, 0) is 0 Å². The Bertz CT molecular complexity index is 266. The second-order valence-corrected chi connectivity index (χ2v) is 4.48. The maximum atomic E-state index is 12.5. The van der Waals surface area contributed by atoms with Gasteiger partial charge >= 0.3 is 0 Å². The predicted molar refractivity (Wildman–Crippen MR) is 32.7 cm³/mol. The van der Waals surface area contributed by atoms with E-state index in [1.165, 1.54) is 0 Å². The normalized spacial score (nSPS) is 37.2. The van der Waals surface area contributed by atoms with Gasteiger partial charge in [0.05, 0.1) is 23.5 Å². The van der Waals surface area contributed by atoms with E-state index in [1.807, 2.05) is 0 Å². The molecule has 0 spiro atoms. The van der Waals surface area contributed by atoms with Gasteiger partial charge < -0.3 is 0 Å². The number of halogens is 1. The van der Waals surface area contributed by atoms with Crippen molar-refractivity contribution in [3.8, 4) is 6.07 Å². The number of nitrogens with zero attached hydrogens (tertiary/aromatic N) is 1. The lowest BCUT2D eigenvalue weighted by molar-refractivity contribution is 0.325. The first-order valence-corrected chi connectivity index (χ1v) is 4.61. The molecule has 0 aromatic carbocycles. The van der Waals surface area contributed by atoms with Crippen LogP contribution in [-0.4, -0.2) is 26.1 Å². The molecule has 5 heteroatoms. The third kappa shape index (κ3) is 1.27. The molecule has 1 aliphatic rings. The highest BCUT2D eigenvalue weighted by Gasteiger charge is 2.37. The zero-order valence-electron chi connectivity index (χ0n) is 5.12. The minimum absolute atomic E-state index is 0.315. The summed E-state index contributed by atoms with van der Waals surface area (Å²) in [5.74, 6) is -1.74. The van der Waals surface area contributed by atoms with Crippen LogP contribution in [0.3, 0.4) is 0 Å². The van der Waals surface area contributed by atoms with E-state index in [1.54, 1.807) is 6.07 Å². The van der Waals surface area contributed by atoms with Crippen LogP contribution >= 0.6 is 0 Å². The minimum atomic E-state index is -3.25. The molecule has 1 heterocycles. The Labute approximate surface area is 58.4 Å². The quantitative estimate of drug-likeness (QED) is 0.500. The van der Waals surface area contributed by atoms with Crippen molar-refractivity contribution < 1.29 is 12.8 Å². The summed E-state index contributed by atoms with van der Waals surface area (Å²) in [6, 6.07) is 1.62. The van der Waals surface area contributed by atoms with Crippen LogP contribution in [0.2, 0.25) is 0 Å². The van der Waals surface area contributed by atoms with Crippen LogP contribution in [-0.2, 0) is 9.84 Å². The van der Waals surface area contributed by atoms with E-state index in [9.17, 15) is 12.8 Å². The van der Waals surface area contributed by atoms with Crippen LogP contribution in [0.1, 0.15) is 0 Å². The molecule has 56 valence electrons. The SMILES string of the molecule is N#CC1CS(=O)(=O)CC1F. The fourth-order valence-electron chi connectivity index (χ4n) is 0.923. The molecule has 3 nitrogen and oxygen atoms in total. The molecular weight excluding hydrogens is 157 g/mol. The summed E-state index contributed by atoms with van der Waals surface area (Å²) < 4.78 is 33.7. The summed E-state index contributed by atoms with van der Waals surface area (Å²) in [5.41, 5.74) is 0. The molecule has 0 amide bonds. The molecule has 0 bridgehead atoms. The maximum absolute atomic E-state index is 12.5. The average molecular weight is 163 g/mol. The zero-order chi connectivity index (χ0) is 7.78. The molecule has 1 aliphatic heterocycles. The Kier molecular flexibility index (Phi) is 1.65. The molecule has 1 rings (SSSR count). The summed E-state index contributed by atoms with van der Waals surface area (Å²) in [6.07, 6.45) is -1.48. The Morgan fingerprint density at radius 1 is 1.50 bits per heavy atom. The summed E-state index contributed by atoms with van der Waals surface area (Å²) in [7, 11) is -3.25. The number of hydrogen-bond acceptors (Lipinski definition) is 3. The summed E-state index contributed by atoms with van der Waals surface area (Å²) in [6.45, 7) is 0. The van der Waals surface area contributed by atoms with Gasteiger partial charge in [0.2, 0.25) is 0 Å². The lowest BCUT2D eigenvalue weighted by Crippen LogP contribution is -2.09. The minimum Gasteiger partial charge on any atom is -0.245 e. The number of hydrogen-bond donors (Lipinski definition) is 0. The van der Waals surface area contributed by atoms with E-state index in [0.29, 0.717) is 0 Å². The van der Waals surface area contributed by atoms with Crippen molar-refractivity contribution in [2.75, 3.05) is 11.5 Å². The van der Waals surface area contributed by atoms with Crippen molar-refractivity contribution in [3.05, 3.63) is 0 Å². The van der Waals surface area contributed by atoms with Crippen molar-refractivity contribution in [2.24, 2.45) is 5.92 Å². The smallest absolute Gasteiger partial charge is 0.154 e. The number of alkyl halides is 1. The lowest BCUT2D eigenvalue weighted by atomic mass is 10.1. The number of nitriles is 1. The van der Waals surface area contributed by atoms with Gasteiger partial charge in [-0.1, -0.05) is 0 Å². The van der Waals surface area contributed by atoms with E-state index in [4.69, 9.17) is 5.26 Å². The molecule has 0 aliphatic carbocycles. The van der Waals surface area contributed by atoms with Crippen LogP contribution in [0.15, 0.2) is 0 Å². The largest absolute Gasteiger partial charge is 0.245 e. The zero-order valence-corrected chi connectivity index (χ0v) is 5.94. The van der Waals surface area contributed by atoms with Crippen LogP contribution < -0.4 is 0 Å². The summed E-state index contributed by atoms with van der Waals surface area (Å²) in [4.78, 5) is 0. The highest BCUT2D eigenvalue weighted by molar-refractivity contribution is 7.91. The van der Waals surface area contributed by atoms with E-state index in [-0.39, 0.29) is 5.75 Å². The van der Waals surface area contributed by atoms with Gasteiger partial charge in [0.25, 0.3) is 0 Å². The van der Waals surface area contributed by atoms with Crippen molar-refractivity contribution in [3.63, 3.8) is 0 Å². The Balaban J connectivity index is 2.83. The van der Waals surface area contributed by atoms with Gasteiger partial charge in [-0.2, -0.15) is 5.26 Å². The van der Waals surface area contributed by atoms with E-state index in [2.05, 4.69) is 0 Å². The highest BCUT2D eigenvalue weighted by Crippen LogP contribution is 2.20. The van der Waals surface area contributed by atoms with Gasteiger partial charge in [0.1, 0.15) is 6.17 Å². The average Bonchev–Trinajstić information content (AvgIpc) is 2.05. The molecule has 0 aromatic rings. The summed E-state index contributed by atoms with van der Waals surface area (Å²) >= 11 is 0. The van der Waals surface area contributed by atoms with Gasteiger partial charge in [0.15, 0.2) is 9.84 Å². The molecule has 2 atom stereocenters. The Morgan fingerprint density at radius 3 is 2.30 bits per heavy atom. The second-order valence-electron chi connectivity index (χ2n) is 2.33. The van der Waals surface area contributed by atoms with E-state index < -0.39 is 27.7 Å². The third-order valence-electron chi connectivity index (χ3n) is 1.45. The third-order valence-corrected chi connectivity index (χ3v) is 3.14. The Hall–Kier alpha value is -0.630. The van der Waals surface area contributed by atoms with Gasteiger partial charge in [-0.25, -0.2) is 12.8 Å². The van der Waals surface area contributed by atoms with Crippen molar-refractivity contribution in [1.82, 2.24) is 0 Å². The molecule has 1 saturated heterocycles. The van der Waals surface area contributed by atoms with Crippen LogP contribution in [0.4, 0.5) is 4.39 Å². The first-order valence-electron chi connectivity index (χ1n) is 2.79. The molecular formula is C5H6FNO2S. The van der Waals surface area contributed by atoms with Crippen molar-refractivity contribution >= 4 is 9.84 Å².